The SMILES string of the molecule is CCC(CC)NC(=O)c1cc(S)ccc1C. The van der Waals surface area contributed by atoms with Gasteiger partial charge in [0.15, 0.2) is 0 Å². The van der Waals surface area contributed by atoms with Crippen LogP contribution < -0.4 is 5.32 Å². The first-order valence-electron chi connectivity index (χ1n) is 5.69. The molecular formula is C13H19NOS. The quantitative estimate of drug-likeness (QED) is 0.774. The fourth-order valence-electron chi connectivity index (χ4n) is 1.61. The summed E-state index contributed by atoms with van der Waals surface area (Å²) in [4.78, 5) is 12.8. The lowest BCUT2D eigenvalue weighted by atomic mass is 10.1. The molecule has 3 heteroatoms. The number of thiol groups is 1. The van der Waals surface area contributed by atoms with Crippen LogP contribution >= 0.6 is 12.6 Å². The normalized spacial score (nSPS) is 10.6. The maximum absolute atomic E-state index is 12.0. The van der Waals surface area contributed by atoms with Crippen molar-refractivity contribution in [3.63, 3.8) is 0 Å². The lowest BCUT2D eigenvalue weighted by molar-refractivity contribution is 0.0934. The molecule has 0 aliphatic rings. The van der Waals surface area contributed by atoms with Crippen molar-refractivity contribution in [2.24, 2.45) is 0 Å². The highest BCUT2D eigenvalue weighted by molar-refractivity contribution is 7.80. The summed E-state index contributed by atoms with van der Waals surface area (Å²) in [5, 5.41) is 3.03. The first kappa shape index (κ1) is 13.1. The number of nitrogens with one attached hydrogen (secondary N) is 1. The number of benzene rings is 1. The van der Waals surface area contributed by atoms with Crippen LogP contribution in [0.4, 0.5) is 0 Å². The number of amides is 1. The fraction of sp³-hybridized carbons (Fsp3) is 0.462. The maximum atomic E-state index is 12.0. The zero-order valence-electron chi connectivity index (χ0n) is 10.1. The summed E-state index contributed by atoms with van der Waals surface area (Å²) < 4.78 is 0. The van der Waals surface area contributed by atoms with Gasteiger partial charge in [-0.15, -0.1) is 12.6 Å². The van der Waals surface area contributed by atoms with Crippen molar-refractivity contribution in [3.05, 3.63) is 29.3 Å². The molecule has 0 unspecified atom stereocenters. The van der Waals surface area contributed by atoms with Crippen molar-refractivity contribution in [1.29, 1.82) is 0 Å². The van der Waals surface area contributed by atoms with Gasteiger partial charge in [0, 0.05) is 16.5 Å². The van der Waals surface area contributed by atoms with E-state index < -0.39 is 0 Å². The molecule has 1 amide bonds. The van der Waals surface area contributed by atoms with Gasteiger partial charge in [-0.05, 0) is 37.5 Å². The van der Waals surface area contributed by atoms with Crippen molar-refractivity contribution >= 4 is 18.5 Å². The molecule has 0 fully saturated rings. The summed E-state index contributed by atoms with van der Waals surface area (Å²) in [6.45, 7) is 6.10. The highest BCUT2D eigenvalue weighted by atomic mass is 32.1. The molecule has 0 saturated heterocycles. The number of carbonyl (C=O) groups excluding carboxylic acids is 1. The van der Waals surface area contributed by atoms with Crippen LogP contribution in [0, 0.1) is 6.92 Å². The van der Waals surface area contributed by atoms with E-state index in [4.69, 9.17) is 0 Å². The third-order valence-electron chi connectivity index (χ3n) is 2.79. The minimum Gasteiger partial charge on any atom is -0.349 e. The van der Waals surface area contributed by atoms with Gasteiger partial charge in [-0.3, -0.25) is 4.79 Å². The monoisotopic (exact) mass is 237 g/mol. The van der Waals surface area contributed by atoms with Crippen LogP contribution in [0.2, 0.25) is 0 Å². The summed E-state index contributed by atoms with van der Waals surface area (Å²) in [5.74, 6) is 0.00194. The van der Waals surface area contributed by atoms with Gasteiger partial charge in [-0.25, -0.2) is 0 Å². The molecule has 0 heterocycles. The molecule has 0 bridgehead atoms. The van der Waals surface area contributed by atoms with Gasteiger partial charge >= 0.3 is 0 Å². The number of rotatable bonds is 4. The number of carbonyl (C=O) groups is 1. The Kier molecular flexibility index (Phi) is 4.87. The zero-order valence-corrected chi connectivity index (χ0v) is 11.0. The average molecular weight is 237 g/mol. The van der Waals surface area contributed by atoms with Crippen molar-refractivity contribution in [3.8, 4) is 0 Å². The van der Waals surface area contributed by atoms with Crippen LogP contribution in [-0.4, -0.2) is 11.9 Å². The Hall–Kier alpha value is -0.960. The van der Waals surface area contributed by atoms with Crippen LogP contribution in [0.5, 0.6) is 0 Å². The van der Waals surface area contributed by atoms with Gasteiger partial charge in [0.05, 0.1) is 0 Å². The molecule has 0 radical (unpaired) electrons. The van der Waals surface area contributed by atoms with Gasteiger partial charge < -0.3 is 5.32 Å². The average Bonchev–Trinajstić information content (AvgIpc) is 2.28. The molecule has 16 heavy (non-hydrogen) atoms. The molecule has 2 nitrogen and oxygen atoms in total. The number of hydrogen-bond acceptors (Lipinski definition) is 2. The second-order valence-corrected chi connectivity index (χ2v) is 4.50. The van der Waals surface area contributed by atoms with Crippen molar-refractivity contribution in [2.45, 2.75) is 44.6 Å². The van der Waals surface area contributed by atoms with Crippen molar-refractivity contribution in [1.82, 2.24) is 5.32 Å². The molecule has 1 rings (SSSR count). The third-order valence-corrected chi connectivity index (χ3v) is 3.06. The molecule has 0 aromatic heterocycles. The van der Waals surface area contributed by atoms with Crippen LogP contribution in [0.25, 0.3) is 0 Å². The van der Waals surface area contributed by atoms with E-state index in [0.29, 0.717) is 0 Å². The third kappa shape index (κ3) is 3.27. The summed E-state index contributed by atoms with van der Waals surface area (Å²) >= 11 is 4.25. The summed E-state index contributed by atoms with van der Waals surface area (Å²) in [5.41, 5.74) is 1.71. The maximum Gasteiger partial charge on any atom is 0.251 e. The van der Waals surface area contributed by atoms with Crippen LogP contribution in [0.15, 0.2) is 23.1 Å². The first-order valence-corrected chi connectivity index (χ1v) is 6.13. The summed E-state index contributed by atoms with van der Waals surface area (Å²) in [7, 11) is 0. The van der Waals surface area contributed by atoms with Crippen LogP contribution in [0.1, 0.15) is 42.6 Å². The van der Waals surface area contributed by atoms with E-state index in [1.165, 1.54) is 0 Å². The van der Waals surface area contributed by atoms with Crippen molar-refractivity contribution < 1.29 is 4.79 Å². The van der Waals surface area contributed by atoms with E-state index in [1.54, 1.807) is 0 Å². The summed E-state index contributed by atoms with van der Waals surface area (Å²) in [6, 6.07) is 5.89. The Balaban J connectivity index is 2.83. The van der Waals surface area contributed by atoms with Gasteiger partial charge in [-0.1, -0.05) is 19.9 Å². The molecule has 0 saturated carbocycles. The molecule has 1 aromatic rings. The smallest absolute Gasteiger partial charge is 0.251 e. The van der Waals surface area contributed by atoms with Gasteiger partial charge in [0.25, 0.3) is 5.91 Å². The Bertz CT molecular complexity index is 372. The first-order chi connectivity index (χ1) is 7.58. The fourth-order valence-corrected chi connectivity index (χ4v) is 1.81. The van der Waals surface area contributed by atoms with E-state index in [2.05, 4.69) is 31.8 Å². The second kappa shape index (κ2) is 5.94. The van der Waals surface area contributed by atoms with Gasteiger partial charge in [-0.2, -0.15) is 0 Å². The Labute approximate surface area is 103 Å². The minimum atomic E-state index is 0.00194. The van der Waals surface area contributed by atoms with E-state index in [9.17, 15) is 4.79 Å². The molecular weight excluding hydrogens is 218 g/mol. The van der Waals surface area contributed by atoms with Gasteiger partial charge in [0.2, 0.25) is 0 Å². The van der Waals surface area contributed by atoms with E-state index in [0.717, 1.165) is 28.9 Å². The topological polar surface area (TPSA) is 29.1 Å². The summed E-state index contributed by atoms with van der Waals surface area (Å²) in [6.07, 6.45) is 1.92. The predicted molar refractivity (Wildman–Crippen MR) is 70.3 cm³/mol. The largest absolute Gasteiger partial charge is 0.349 e. The number of hydrogen-bond donors (Lipinski definition) is 2. The molecule has 0 aliphatic carbocycles. The minimum absolute atomic E-state index is 0.00194. The lowest BCUT2D eigenvalue weighted by Crippen LogP contribution is -2.34. The Morgan fingerprint density at radius 1 is 1.38 bits per heavy atom. The van der Waals surface area contributed by atoms with Crippen LogP contribution in [0.3, 0.4) is 0 Å². The predicted octanol–water partition coefficient (Wildman–Crippen LogP) is 3.20. The Morgan fingerprint density at radius 3 is 2.56 bits per heavy atom. The molecule has 0 atom stereocenters. The molecule has 1 N–H and O–H groups in total. The second-order valence-electron chi connectivity index (χ2n) is 3.99. The number of aryl methyl sites for hydroxylation is 1. The zero-order chi connectivity index (χ0) is 12.1. The molecule has 88 valence electrons. The van der Waals surface area contributed by atoms with Gasteiger partial charge in [0.1, 0.15) is 0 Å². The molecule has 0 aliphatic heterocycles. The van der Waals surface area contributed by atoms with E-state index in [1.807, 2.05) is 25.1 Å². The highest BCUT2D eigenvalue weighted by Crippen LogP contribution is 2.14. The Morgan fingerprint density at radius 2 is 2.00 bits per heavy atom. The lowest BCUT2D eigenvalue weighted by Gasteiger charge is -2.15. The standard InChI is InChI=1S/C13H19NOS/c1-4-10(5-2)14-13(15)12-8-11(16)7-6-9(12)3/h6-8,10,16H,4-5H2,1-3H3,(H,14,15). The molecule has 1 aromatic carbocycles. The van der Waals surface area contributed by atoms with E-state index in [-0.39, 0.29) is 11.9 Å². The van der Waals surface area contributed by atoms with E-state index >= 15 is 0 Å². The van der Waals surface area contributed by atoms with Crippen molar-refractivity contribution in [2.75, 3.05) is 0 Å². The molecule has 0 spiro atoms. The van der Waals surface area contributed by atoms with Crippen LogP contribution in [-0.2, 0) is 0 Å². The highest BCUT2D eigenvalue weighted by Gasteiger charge is 2.12.